The number of nitrogens with one attached hydrogen (secondary N) is 1. The summed E-state index contributed by atoms with van der Waals surface area (Å²) < 4.78 is 38.5. The molecular formula is C10H12BrNO5S3. The lowest BCUT2D eigenvalue weighted by Crippen LogP contribution is -2.39. The van der Waals surface area contributed by atoms with Crippen molar-refractivity contribution in [3.05, 3.63) is 14.7 Å². The number of hydrogen-bond donors (Lipinski definition) is 2. The summed E-state index contributed by atoms with van der Waals surface area (Å²) in [7, 11) is -4.63. The summed E-state index contributed by atoms with van der Waals surface area (Å²) in [6.45, 7) is 0. The maximum atomic E-state index is 12.2. The first-order chi connectivity index (χ1) is 9.29. The Morgan fingerprint density at radius 2 is 2.05 bits per heavy atom. The Kier molecular flexibility index (Phi) is 5.00. The lowest BCUT2D eigenvalue weighted by Gasteiger charge is -2.22. The van der Waals surface area contributed by atoms with Crippen LogP contribution in [0.4, 0.5) is 0 Å². The van der Waals surface area contributed by atoms with Crippen LogP contribution in [0.2, 0.25) is 0 Å². The highest BCUT2D eigenvalue weighted by atomic mass is 79.9. The van der Waals surface area contributed by atoms with Crippen molar-refractivity contribution in [3.8, 4) is 0 Å². The number of thiophene rings is 1. The lowest BCUT2D eigenvalue weighted by molar-refractivity contribution is 0.0702. The van der Waals surface area contributed by atoms with Crippen molar-refractivity contribution < 1.29 is 22.5 Å². The SMILES string of the molecule is O=C(O)c1cc(S(=O)(=O)NC2CCS(=O)CC2)c(Br)s1. The molecule has 10 heteroatoms. The molecule has 1 fully saturated rings. The first-order valence-electron chi connectivity index (χ1n) is 5.69. The van der Waals surface area contributed by atoms with Gasteiger partial charge in [0.2, 0.25) is 10.0 Å². The predicted octanol–water partition coefficient (Wildman–Crippen LogP) is 1.40. The summed E-state index contributed by atoms with van der Waals surface area (Å²) in [6.07, 6.45) is 1.05. The molecule has 1 aromatic heterocycles. The molecule has 112 valence electrons. The Hall–Kier alpha value is -0.290. The average Bonchev–Trinajstić information content (AvgIpc) is 2.75. The van der Waals surface area contributed by atoms with Gasteiger partial charge in [-0.3, -0.25) is 4.21 Å². The number of hydrogen-bond acceptors (Lipinski definition) is 5. The molecule has 6 nitrogen and oxygen atoms in total. The second kappa shape index (κ2) is 6.22. The molecule has 2 rings (SSSR count). The number of halogens is 1. The number of carbonyl (C=O) groups is 1. The molecule has 0 atom stereocenters. The third-order valence-electron chi connectivity index (χ3n) is 2.87. The van der Waals surface area contributed by atoms with E-state index < -0.39 is 26.8 Å². The molecule has 1 aliphatic heterocycles. The van der Waals surface area contributed by atoms with Crippen molar-refractivity contribution in [2.45, 2.75) is 23.8 Å². The Balaban J connectivity index is 2.18. The van der Waals surface area contributed by atoms with Crippen molar-refractivity contribution in [2.75, 3.05) is 11.5 Å². The molecule has 20 heavy (non-hydrogen) atoms. The minimum absolute atomic E-state index is 0.0398. The van der Waals surface area contributed by atoms with E-state index in [9.17, 15) is 17.4 Å². The number of sulfonamides is 1. The van der Waals surface area contributed by atoms with Gasteiger partial charge in [0.1, 0.15) is 9.77 Å². The average molecular weight is 402 g/mol. The summed E-state index contributed by atoms with van der Waals surface area (Å²) in [6, 6.07) is 0.887. The molecule has 0 aliphatic carbocycles. The molecule has 0 aromatic carbocycles. The van der Waals surface area contributed by atoms with Gasteiger partial charge in [0, 0.05) is 28.3 Å². The highest BCUT2D eigenvalue weighted by Gasteiger charge is 2.27. The zero-order chi connectivity index (χ0) is 14.9. The molecule has 1 aromatic rings. The largest absolute Gasteiger partial charge is 0.477 e. The second-order valence-electron chi connectivity index (χ2n) is 4.30. The minimum Gasteiger partial charge on any atom is -0.477 e. The molecule has 0 radical (unpaired) electrons. The Morgan fingerprint density at radius 3 is 2.55 bits per heavy atom. The van der Waals surface area contributed by atoms with E-state index in [1.165, 1.54) is 0 Å². The molecule has 1 saturated heterocycles. The predicted molar refractivity (Wildman–Crippen MR) is 80.2 cm³/mol. The van der Waals surface area contributed by atoms with E-state index in [-0.39, 0.29) is 19.6 Å². The van der Waals surface area contributed by atoms with Crippen LogP contribution < -0.4 is 4.72 Å². The zero-order valence-corrected chi connectivity index (χ0v) is 14.2. The normalized spacial score (nSPS) is 23.6. The topological polar surface area (TPSA) is 101 Å². The molecule has 0 saturated carbocycles. The van der Waals surface area contributed by atoms with Gasteiger partial charge in [0.25, 0.3) is 0 Å². The molecule has 2 heterocycles. The third kappa shape index (κ3) is 3.67. The molecule has 0 bridgehead atoms. The smallest absolute Gasteiger partial charge is 0.345 e. The highest BCUT2D eigenvalue weighted by Crippen LogP contribution is 2.32. The molecule has 1 aliphatic rings. The van der Waals surface area contributed by atoms with E-state index in [2.05, 4.69) is 20.7 Å². The molecule has 0 amide bonds. The Labute approximate surface area is 131 Å². The molecule has 2 N–H and O–H groups in total. The van der Waals surface area contributed by atoms with Gasteiger partial charge in [-0.15, -0.1) is 11.3 Å². The van der Waals surface area contributed by atoms with Crippen LogP contribution in [0.25, 0.3) is 0 Å². The van der Waals surface area contributed by atoms with E-state index in [0.29, 0.717) is 24.3 Å². The van der Waals surface area contributed by atoms with E-state index in [0.717, 1.165) is 17.4 Å². The summed E-state index contributed by atoms with van der Waals surface area (Å²) in [5.41, 5.74) is 0. The Morgan fingerprint density at radius 1 is 1.45 bits per heavy atom. The van der Waals surface area contributed by atoms with Gasteiger partial charge >= 0.3 is 5.97 Å². The second-order valence-corrected chi connectivity index (χ2v) is 10.0. The van der Waals surface area contributed by atoms with Gasteiger partial charge < -0.3 is 5.11 Å². The van der Waals surface area contributed by atoms with Crippen LogP contribution >= 0.6 is 27.3 Å². The van der Waals surface area contributed by atoms with Crippen LogP contribution in [0, 0.1) is 0 Å². The van der Waals surface area contributed by atoms with Crippen molar-refractivity contribution in [1.29, 1.82) is 0 Å². The molecular weight excluding hydrogens is 390 g/mol. The van der Waals surface area contributed by atoms with E-state index >= 15 is 0 Å². The van der Waals surface area contributed by atoms with Gasteiger partial charge in [-0.25, -0.2) is 17.9 Å². The monoisotopic (exact) mass is 401 g/mol. The minimum atomic E-state index is -3.77. The summed E-state index contributed by atoms with van der Waals surface area (Å²) in [5, 5.41) is 8.88. The van der Waals surface area contributed by atoms with Gasteiger partial charge in [-0.2, -0.15) is 0 Å². The summed E-state index contributed by atoms with van der Waals surface area (Å²) in [5.74, 6) is -0.193. The zero-order valence-electron chi connectivity index (χ0n) is 10.2. The Bertz CT molecular complexity index is 644. The van der Waals surface area contributed by atoms with E-state index in [1.54, 1.807) is 0 Å². The van der Waals surface area contributed by atoms with Gasteiger partial charge in [-0.05, 0) is 34.8 Å². The number of carboxylic acid groups (broad SMARTS) is 1. The molecule has 0 unspecified atom stereocenters. The number of aromatic carboxylic acids is 1. The van der Waals surface area contributed by atoms with Crippen LogP contribution in [-0.2, 0) is 20.8 Å². The van der Waals surface area contributed by atoms with Gasteiger partial charge in [0.05, 0.1) is 3.79 Å². The first-order valence-corrected chi connectivity index (χ1v) is 10.3. The van der Waals surface area contributed by atoms with Crippen LogP contribution in [-0.4, -0.2) is 41.3 Å². The maximum Gasteiger partial charge on any atom is 0.345 e. The van der Waals surface area contributed by atoms with Crippen LogP contribution in [0.3, 0.4) is 0 Å². The van der Waals surface area contributed by atoms with E-state index in [1.807, 2.05) is 0 Å². The highest BCUT2D eigenvalue weighted by molar-refractivity contribution is 9.11. The number of rotatable bonds is 4. The quantitative estimate of drug-likeness (QED) is 0.793. The standard InChI is InChI=1S/C10H12BrNO5S3/c11-9-8(5-7(18-9)10(13)14)20(16,17)12-6-1-3-19(15)4-2-6/h5-6,12H,1-4H2,(H,13,14). The fourth-order valence-electron chi connectivity index (χ4n) is 1.84. The van der Waals surface area contributed by atoms with Crippen molar-refractivity contribution in [1.82, 2.24) is 4.72 Å². The van der Waals surface area contributed by atoms with Crippen molar-refractivity contribution in [2.24, 2.45) is 0 Å². The van der Waals surface area contributed by atoms with Crippen molar-refractivity contribution >= 4 is 54.1 Å². The summed E-state index contributed by atoms with van der Waals surface area (Å²) in [4.78, 5) is 10.8. The lowest BCUT2D eigenvalue weighted by atomic mass is 10.2. The van der Waals surface area contributed by atoms with Gasteiger partial charge in [0.15, 0.2) is 0 Å². The maximum absolute atomic E-state index is 12.2. The van der Waals surface area contributed by atoms with Crippen molar-refractivity contribution in [3.63, 3.8) is 0 Å². The third-order valence-corrected chi connectivity index (χ3v) is 8.01. The fraction of sp³-hybridized carbons (Fsp3) is 0.500. The van der Waals surface area contributed by atoms with Crippen LogP contribution in [0.15, 0.2) is 14.7 Å². The van der Waals surface area contributed by atoms with Crippen LogP contribution in [0.1, 0.15) is 22.5 Å². The fourth-order valence-corrected chi connectivity index (χ4v) is 6.84. The summed E-state index contributed by atoms with van der Waals surface area (Å²) >= 11 is 3.94. The number of carboxylic acids is 1. The van der Waals surface area contributed by atoms with Crippen LogP contribution in [0.5, 0.6) is 0 Å². The van der Waals surface area contributed by atoms with Gasteiger partial charge in [-0.1, -0.05) is 0 Å². The first kappa shape index (κ1) is 16.1. The molecule has 0 spiro atoms. The van der Waals surface area contributed by atoms with E-state index in [4.69, 9.17) is 5.11 Å².